The topological polar surface area (TPSA) is 118 Å². The summed E-state index contributed by atoms with van der Waals surface area (Å²) >= 11 is 5.67. The number of aromatic carboxylic acids is 1. The molecule has 0 saturated carbocycles. The van der Waals surface area contributed by atoms with Crippen LogP contribution >= 0.6 is 11.6 Å². The van der Waals surface area contributed by atoms with Crippen molar-refractivity contribution in [3.05, 3.63) is 32.8 Å². The van der Waals surface area contributed by atoms with E-state index in [1.165, 1.54) is 14.1 Å². The Morgan fingerprint density at radius 1 is 1.42 bits per heavy atom. The van der Waals surface area contributed by atoms with Crippen LogP contribution in [0.1, 0.15) is 10.4 Å². The molecule has 1 rings (SSSR count). The van der Waals surface area contributed by atoms with Crippen molar-refractivity contribution in [1.29, 1.82) is 0 Å². The molecule has 1 N–H and O–H groups in total. The summed E-state index contributed by atoms with van der Waals surface area (Å²) in [6, 6.07) is 1.76. The number of rotatable bonds is 4. The van der Waals surface area contributed by atoms with Crippen LogP contribution in [-0.2, 0) is 10.0 Å². The van der Waals surface area contributed by atoms with E-state index >= 15 is 0 Å². The largest absolute Gasteiger partial charge is 0.477 e. The maximum absolute atomic E-state index is 11.9. The molecule has 1 aromatic carbocycles. The number of hydrogen-bond donors (Lipinski definition) is 1. The van der Waals surface area contributed by atoms with Crippen LogP contribution < -0.4 is 0 Å². The lowest BCUT2D eigenvalue weighted by molar-refractivity contribution is -0.385. The highest BCUT2D eigenvalue weighted by atomic mass is 35.5. The van der Waals surface area contributed by atoms with E-state index in [0.29, 0.717) is 0 Å². The Hall–Kier alpha value is -1.71. The minimum absolute atomic E-state index is 0.518. The first-order valence-electron chi connectivity index (χ1n) is 4.73. The molecule has 0 bridgehead atoms. The zero-order valence-corrected chi connectivity index (χ0v) is 11.4. The van der Waals surface area contributed by atoms with Crippen LogP contribution in [0, 0.1) is 10.1 Å². The van der Waals surface area contributed by atoms with Crippen molar-refractivity contribution in [2.75, 3.05) is 14.1 Å². The van der Waals surface area contributed by atoms with Crippen LogP contribution in [-0.4, -0.2) is 42.8 Å². The second-order valence-electron chi connectivity index (χ2n) is 3.62. The summed E-state index contributed by atoms with van der Waals surface area (Å²) in [6.45, 7) is 0. The zero-order chi connectivity index (χ0) is 15.0. The highest BCUT2D eigenvalue weighted by Gasteiger charge is 2.31. The van der Waals surface area contributed by atoms with E-state index in [4.69, 9.17) is 16.7 Å². The molecule has 0 aliphatic rings. The lowest BCUT2D eigenvalue weighted by Gasteiger charge is -2.13. The molecule has 104 valence electrons. The van der Waals surface area contributed by atoms with E-state index in [1.54, 1.807) is 0 Å². The van der Waals surface area contributed by atoms with Crippen LogP contribution in [0.2, 0.25) is 5.02 Å². The van der Waals surface area contributed by atoms with E-state index in [1.807, 2.05) is 0 Å². The lowest BCUT2D eigenvalue weighted by Crippen LogP contribution is -2.23. The molecule has 0 unspecified atom stereocenters. The van der Waals surface area contributed by atoms with Crippen LogP contribution in [0.5, 0.6) is 0 Å². The van der Waals surface area contributed by atoms with Crippen LogP contribution in [0.3, 0.4) is 0 Å². The molecule has 0 aliphatic heterocycles. The molecular formula is C9H9ClN2O6S. The number of nitrogens with zero attached hydrogens (tertiary/aromatic N) is 2. The molecule has 0 aliphatic carbocycles. The predicted molar refractivity (Wildman–Crippen MR) is 65.9 cm³/mol. The lowest BCUT2D eigenvalue weighted by atomic mass is 10.2. The molecule has 19 heavy (non-hydrogen) atoms. The summed E-state index contributed by atoms with van der Waals surface area (Å²) < 4.78 is 24.6. The quantitative estimate of drug-likeness (QED) is 0.659. The summed E-state index contributed by atoms with van der Waals surface area (Å²) in [5.74, 6) is -1.57. The molecule has 0 radical (unpaired) electrons. The van der Waals surface area contributed by atoms with Gasteiger partial charge in [-0.2, -0.15) is 0 Å². The van der Waals surface area contributed by atoms with E-state index in [0.717, 1.165) is 16.4 Å². The van der Waals surface area contributed by atoms with Gasteiger partial charge in [0.25, 0.3) is 0 Å². The number of nitro groups is 1. The maximum Gasteiger partial charge on any atom is 0.342 e. The van der Waals surface area contributed by atoms with Gasteiger partial charge in [-0.25, -0.2) is 17.5 Å². The molecule has 0 atom stereocenters. The highest BCUT2D eigenvalue weighted by molar-refractivity contribution is 7.89. The first-order valence-corrected chi connectivity index (χ1v) is 6.55. The second kappa shape index (κ2) is 5.11. The number of nitro benzene ring substituents is 1. The zero-order valence-electron chi connectivity index (χ0n) is 9.82. The van der Waals surface area contributed by atoms with Gasteiger partial charge in [-0.05, 0) is 12.1 Å². The van der Waals surface area contributed by atoms with Crippen molar-refractivity contribution in [2.24, 2.45) is 0 Å². The SMILES string of the molecule is CN(C)S(=O)(=O)c1ccc(C(=O)O)c([N+](=O)[O-])c1Cl. The van der Waals surface area contributed by atoms with Crippen molar-refractivity contribution in [2.45, 2.75) is 4.90 Å². The summed E-state index contributed by atoms with van der Waals surface area (Å²) in [5.41, 5.74) is -1.62. The first kappa shape index (κ1) is 15.3. The Labute approximate surface area is 113 Å². The third kappa shape index (κ3) is 2.67. The van der Waals surface area contributed by atoms with Gasteiger partial charge in [0.2, 0.25) is 10.0 Å². The predicted octanol–water partition coefficient (Wildman–Crippen LogP) is 1.20. The third-order valence-corrected chi connectivity index (χ3v) is 4.60. The Morgan fingerprint density at radius 3 is 2.32 bits per heavy atom. The number of sulfonamides is 1. The van der Waals surface area contributed by atoms with Gasteiger partial charge in [0, 0.05) is 14.1 Å². The summed E-state index contributed by atoms with van der Waals surface area (Å²) in [7, 11) is -1.55. The average molecular weight is 309 g/mol. The molecule has 8 nitrogen and oxygen atoms in total. The fourth-order valence-corrected chi connectivity index (χ4v) is 2.78. The van der Waals surface area contributed by atoms with E-state index < -0.39 is 42.1 Å². The van der Waals surface area contributed by atoms with Gasteiger partial charge < -0.3 is 5.11 Å². The molecule has 0 amide bonds. The van der Waals surface area contributed by atoms with Gasteiger partial charge in [-0.3, -0.25) is 10.1 Å². The summed E-state index contributed by atoms with van der Waals surface area (Å²) in [6.07, 6.45) is 0. The third-order valence-electron chi connectivity index (χ3n) is 2.25. The highest BCUT2D eigenvalue weighted by Crippen LogP contribution is 2.35. The second-order valence-corrected chi connectivity index (χ2v) is 6.12. The van der Waals surface area contributed by atoms with E-state index in [2.05, 4.69) is 0 Å². The Kier molecular flexibility index (Phi) is 4.13. The summed E-state index contributed by atoms with van der Waals surface area (Å²) in [5, 5.41) is 18.9. The van der Waals surface area contributed by atoms with Gasteiger partial charge in [0.1, 0.15) is 15.5 Å². The van der Waals surface area contributed by atoms with E-state index in [-0.39, 0.29) is 0 Å². The van der Waals surface area contributed by atoms with Crippen LogP contribution in [0.15, 0.2) is 17.0 Å². The number of carbonyl (C=O) groups is 1. The molecule has 0 fully saturated rings. The smallest absolute Gasteiger partial charge is 0.342 e. The molecule has 1 aromatic rings. The molecule has 0 aromatic heterocycles. The van der Waals surface area contributed by atoms with Crippen LogP contribution in [0.4, 0.5) is 5.69 Å². The normalized spacial score (nSPS) is 11.6. The minimum atomic E-state index is -4.00. The van der Waals surface area contributed by atoms with Crippen molar-refractivity contribution >= 4 is 33.3 Å². The molecule has 0 heterocycles. The Bertz CT molecular complexity index is 655. The first-order chi connectivity index (χ1) is 8.60. The van der Waals surface area contributed by atoms with Gasteiger partial charge in [-0.15, -0.1) is 0 Å². The molecular weight excluding hydrogens is 300 g/mol. The average Bonchev–Trinajstić information content (AvgIpc) is 2.26. The number of halogens is 1. The number of carboxylic acids is 1. The standard InChI is InChI=1S/C9H9ClN2O6S/c1-11(2)19(17,18)6-4-3-5(9(13)14)8(7(6)10)12(15)16/h3-4H,1-2H3,(H,13,14). The fourth-order valence-electron chi connectivity index (χ4n) is 1.29. The maximum atomic E-state index is 11.9. The number of hydrogen-bond acceptors (Lipinski definition) is 5. The summed E-state index contributed by atoms with van der Waals surface area (Å²) in [4.78, 5) is 20.2. The van der Waals surface area contributed by atoms with Gasteiger partial charge in [0.15, 0.2) is 0 Å². The molecule has 0 spiro atoms. The monoisotopic (exact) mass is 308 g/mol. The van der Waals surface area contributed by atoms with Crippen molar-refractivity contribution in [1.82, 2.24) is 4.31 Å². The molecule has 10 heteroatoms. The Morgan fingerprint density at radius 2 is 1.95 bits per heavy atom. The minimum Gasteiger partial charge on any atom is -0.477 e. The van der Waals surface area contributed by atoms with Crippen molar-refractivity contribution in [3.8, 4) is 0 Å². The Balaban J connectivity index is 3.72. The number of benzene rings is 1. The van der Waals surface area contributed by atoms with Crippen LogP contribution in [0.25, 0.3) is 0 Å². The fraction of sp³-hybridized carbons (Fsp3) is 0.222. The van der Waals surface area contributed by atoms with E-state index in [9.17, 15) is 23.3 Å². The van der Waals surface area contributed by atoms with Gasteiger partial charge in [0.05, 0.1) is 4.92 Å². The van der Waals surface area contributed by atoms with Crippen molar-refractivity contribution in [3.63, 3.8) is 0 Å². The van der Waals surface area contributed by atoms with Gasteiger partial charge >= 0.3 is 11.7 Å². The molecule has 0 saturated heterocycles. The van der Waals surface area contributed by atoms with Gasteiger partial charge in [-0.1, -0.05) is 11.6 Å². The van der Waals surface area contributed by atoms with Crippen molar-refractivity contribution < 1.29 is 23.2 Å². The number of carboxylic acid groups (broad SMARTS) is 1.